The van der Waals surface area contributed by atoms with Crippen LogP contribution in [0.3, 0.4) is 0 Å². The van der Waals surface area contributed by atoms with E-state index in [0.29, 0.717) is 18.5 Å². The highest BCUT2D eigenvalue weighted by Gasteiger charge is 2.11. The first-order chi connectivity index (χ1) is 9.22. The zero-order valence-electron chi connectivity index (χ0n) is 10.7. The fourth-order valence-electron chi connectivity index (χ4n) is 1.54. The van der Waals surface area contributed by atoms with Crippen LogP contribution in [-0.4, -0.2) is 44.3 Å². The average Bonchev–Trinajstić information content (AvgIpc) is 2.91. The molecule has 0 fully saturated rings. The van der Waals surface area contributed by atoms with E-state index in [1.54, 1.807) is 30.4 Å². The van der Waals surface area contributed by atoms with Crippen molar-refractivity contribution in [3.63, 3.8) is 0 Å². The van der Waals surface area contributed by atoms with Gasteiger partial charge in [-0.25, -0.2) is 4.98 Å². The molecular formula is C11H15ClN6O. The van der Waals surface area contributed by atoms with Crippen molar-refractivity contribution in [1.29, 1.82) is 0 Å². The Balaban J connectivity index is 2.21. The lowest BCUT2D eigenvalue weighted by atomic mass is 10.2. The van der Waals surface area contributed by atoms with Crippen LogP contribution in [0.4, 0.5) is 5.95 Å². The van der Waals surface area contributed by atoms with Gasteiger partial charge in [0, 0.05) is 19.5 Å². The molecule has 0 radical (unpaired) electrons. The van der Waals surface area contributed by atoms with Crippen LogP contribution in [-0.2, 0) is 4.74 Å². The van der Waals surface area contributed by atoms with E-state index in [1.807, 2.05) is 0 Å². The summed E-state index contributed by atoms with van der Waals surface area (Å²) in [6, 6.07) is 0.124. The lowest BCUT2D eigenvalue weighted by Crippen LogP contribution is -2.25. The summed E-state index contributed by atoms with van der Waals surface area (Å²) in [4.78, 5) is 16.3. The molecule has 19 heavy (non-hydrogen) atoms. The number of ether oxygens (including phenoxy) is 1. The highest BCUT2D eigenvalue weighted by atomic mass is 35.5. The number of nitrogens with zero attached hydrogens (tertiary/aromatic N) is 5. The Morgan fingerprint density at radius 2 is 2.26 bits per heavy atom. The molecule has 2 heterocycles. The van der Waals surface area contributed by atoms with E-state index in [-0.39, 0.29) is 11.3 Å². The number of nitrogens with one attached hydrogen (secondary N) is 1. The van der Waals surface area contributed by atoms with E-state index in [4.69, 9.17) is 16.3 Å². The number of rotatable bonds is 6. The summed E-state index contributed by atoms with van der Waals surface area (Å²) >= 11 is 5.90. The summed E-state index contributed by atoms with van der Waals surface area (Å²) < 4.78 is 6.78. The molecule has 0 aliphatic heterocycles. The Morgan fingerprint density at radius 3 is 2.89 bits per heavy atom. The van der Waals surface area contributed by atoms with E-state index in [2.05, 4.69) is 32.2 Å². The molecule has 2 aromatic rings. The van der Waals surface area contributed by atoms with Crippen molar-refractivity contribution >= 4 is 17.5 Å². The maximum atomic E-state index is 5.90. The Bertz CT molecular complexity index is 518. The minimum Gasteiger partial charge on any atom is -0.383 e. The van der Waals surface area contributed by atoms with Crippen LogP contribution in [0, 0.1) is 0 Å². The van der Waals surface area contributed by atoms with Crippen molar-refractivity contribution < 1.29 is 4.74 Å². The monoisotopic (exact) mass is 282 g/mol. The zero-order chi connectivity index (χ0) is 13.7. The van der Waals surface area contributed by atoms with E-state index in [0.717, 1.165) is 6.42 Å². The highest BCUT2D eigenvalue weighted by Crippen LogP contribution is 2.11. The van der Waals surface area contributed by atoms with Crippen LogP contribution in [0.15, 0.2) is 18.7 Å². The van der Waals surface area contributed by atoms with Crippen molar-refractivity contribution in [2.45, 2.75) is 19.4 Å². The van der Waals surface area contributed by atoms with Crippen LogP contribution in [0.25, 0.3) is 5.95 Å². The molecule has 0 spiro atoms. The smallest absolute Gasteiger partial charge is 0.241 e. The van der Waals surface area contributed by atoms with E-state index in [1.165, 1.54) is 0 Å². The van der Waals surface area contributed by atoms with Gasteiger partial charge >= 0.3 is 0 Å². The van der Waals surface area contributed by atoms with Crippen LogP contribution in [0.2, 0.25) is 5.28 Å². The second kappa shape index (κ2) is 6.44. The Labute approximate surface area is 116 Å². The standard InChI is InChI=1S/C11H15ClN6O/c1-3-8(6-19-2)14-10-15-9(12)16-11(17-10)18-5-4-13-7-18/h4-5,7-8H,3,6H2,1-2H3,(H,14,15,16,17). The van der Waals surface area contributed by atoms with Gasteiger partial charge in [-0.2, -0.15) is 15.0 Å². The Kier molecular flexibility index (Phi) is 4.64. The predicted molar refractivity (Wildman–Crippen MR) is 71.5 cm³/mol. The van der Waals surface area contributed by atoms with Crippen LogP contribution < -0.4 is 5.32 Å². The van der Waals surface area contributed by atoms with Gasteiger partial charge in [0.25, 0.3) is 0 Å². The largest absolute Gasteiger partial charge is 0.383 e. The highest BCUT2D eigenvalue weighted by molar-refractivity contribution is 6.28. The van der Waals surface area contributed by atoms with E-state index < -0.39 is 0 Å². The van der Waals surface area contributed by atoms with Crippen molar-refractivity contribution in [3.8, 4) is 5.95 Å². The number of methoxy groups -OCH3 is 1. The number of anilines is 1. The molecule has 2 aromatic heterocycles. The maximum absolute atomic E-state index is 5.90. The molecule has 1 N–H and O–H groups in total. The molecule has 8 heteroatoms. The molecule has 1 atom stereocenters. The van der Waals surface area contributed by atoms with Gasteiger partial charge in [0.15, 0.2) is 0 Å². The van der Waals surface area contributed by atoms with Crippen molar-refractivity contribution in [2.75, 3.05) is 19.0 Å². The third-order valence-electron chi connectivity index (χ3n) is 2.53. The Morgan fingerprint density at radius 1 is 1.42 bits per heavy atom. The summed E-state index contributed by atoms with van der Waals surface area (Å²) in [5, 5.41) is 3.30. The second-order valence-electron chi connectivity index (χ2n) is 3.90. The Hall–Kier alpha value is -1.73. The SMILES string of the molecule is CCC(COC)Nc1nc(Cl)nc(-n2ccnc2)n1. The fraction of sp³-hybridized carbons (Fsp3) is 0.455. The summed E-state index contributed by atoms with van der Waals surface area (Å²) in [7, 11) is 1.65. The molecule has 0 bridgehead atoms. The van der Waals surface area contributed by atoms with Crippen molar-refractivity contribution in [3.05, 3.63) is 24.0 Å². The minimum absolute atomic E-state index is 0.124. The van der Waals surface area contributed by atoms with Crippen LogP contribution in [0.1, 0.15) is 13.3 Å². The second-order valence-corrected chi connectivity index (χ2v) is 4.24. The van der Waals surface area contributed by atoms with Crippen molar-refractivity contribution in [1.82, 2.24) is 24.5 Å². The zero-order valence-corrected chi connectivity index (χ0v) is 11.5. The van der Waals surface area contributed by atoms with Crippen LogP contribution in [0.5, 0.6) is 0 Å². The normalized spacial score (nSPS) is 12.4. The van der Waals surface area contributed by atoms with Gasteiger partial charge in [-0.1, -0.05) is 6.92 Å². The van der Waals surface area contributed by atoms with E-state index >= 15 is 0 Å². The summed E-state index contributed by atoms with van der Waals surface area (Å²) in [5.74, 6) is 0.847. The molecule has 0 amide bonds. The first kappa shape index (κ1) is 13.7. The quantitative estimate of drug-likeness (QED) is 0.866. The van der Waals surface area contributed by atoms with Crippen molar-refractivity contribution in [2.24, 2.45) is 0 Å². The predicted octanol–water partition coefficient (Wildman–Crippen LogP) is 1.55. The maximum Gasteiger partial charge on any atom is 0.241 e. The molecule has 1 unspecified atom stereocenters. The van der Waals surface area contributed by atoms with Gasteiger partial charge in [-0.3, -0.25) is 4.57 Å². The first-order valence-corrected chi connectivity index (χ1v) is 6.26. The lowest BCUT2D eigenvalue weighted by Gasteiger charge is -2.16. The molecular weight excluding hydrogens is 268 g/mol. The molecule has 2 rings (SSSR count). The van der Waals surface area contributed by atoms with Gasteiger partial charge in [0.05, 0.1) is 12.6 Å². The minimum atomic E-state index is 0.124. The first-order valence-electron chi connectivity index (χ1n) is 5.88. The number of aromatic nitrogens is 5. The van der Waals surface area contributed by atoms with Gasteiger partial charge in [-0.05, 0) is 18.0 Å². The topological polar surface area (TPSA) is 77.8 Å². The van der Waals surface area contributed by atoms with Gasteiger partial charge in [0.1, 0.15) is 6.33 Å². The lowest BCUT2D eigenvalue weighted by molar-refractivity contribution is 0.184. The number of hydrogen-bond acceptors (Lipinski definition) is 6. The summed E-state index contributed by atoms with van der Waals surface area (Å²) in [6.07, 6.45) is 5.87. The number of hydrogen-bond donors (Lipinski definition) is 1. The van der Waals surface area contributed by atoms with Gasteiger partial charge in [0.2, 0.25) is 17.2 Å². The van der Waals surface area contributed by atoms with Crippen LogP contribution >= 0.6 is 11.6 Å². The molecule has 0 saturated heterocycles. The van der Waals surface area contributed by atoms with Gasteiger partial charge in [-0.15, -0.1) is 0 Å². The average molecular weight is 283 g/mol. The third kappa shape index (κ3) is 3.62. The fourth-order valence-corrected chi connectivity index (χ4v) is 1.70. The summed E-state index contributed by atoms with van der Waals surface area (Å²) in [6.45, 7) is 2.62. The molecule has 0 saturated carbocycles. The number of imidazole rings is 1. The molecule has 0 aliphatic carbocycles. The molecule has 0 aromatic carbocycles. The van der Waals surface area contributed by atoms with Gasteiger partial charge < -0.3 is 10.1 Å². The molecule has 0 aliphatic rings. The molecule has 7 nitrogen and oxygen atoms in total. The van der Waals surface area contributed by atoms with E-state index in [9.17, 15) is 0 Å². The molecule has 102 valence electrons. The summed E-state index contributed by atoms with van der Waals surface area (Å²) in [5.41, 5.74) is 0. The third-order valence-corrected chi connectivity index (χ3v) is 2.69. The number of halogens is 1.